The minimum Gasteiger partial charge on any atom is -0.379 e. The fourth-order valence-corrected chi connectivity index (χ4v) is 3.89. The first-order valence-corrected chi connectivity index (χ1v) is 9.52. The molecule has 0 atom stereocenters. The van der Waals surface area contributed by atoms with E-state index >= 15 is 0 Å². The van der Waals surface area contributed by atoms with E-state index < -0.39 is 0 Å². The highest BCUT2D eigenvalue weighted by atomic mass is 32.1. The number of hydrogen-bond donors (Lipinski definition) is 0. The highest BCUT2D eigenvalue weighted by Gasteiger charge is 2.20. The summed E-state index contributed by atoms with van der Waals surface area (Å²) in [5.41, 5.74) is 1.80. The van der Waals surface area contributed by atoms with Crippen LogP contribution in [0.15, 0.2) is 18.2 Å². The number of non-ortho nitro benzene ring substituents is 1. The molecule has 1 aromatic carbocycles. The van der Waals surface area contributed by atoms with E-state index in [1.54, 1.807) is 18.2 Å². The van der Waals surface area contributed by atoms with Gasteiger partial charge in [0.15, 0.2) is 4.77 Å². The lowest BCUT2D eigenvalue weighted by molar-refractivity contribution is -0.384. The third-order valence-electron chi connectivity index (χ3n) is 5.10. The van der Waals surface area contributed by atoms with Gasteiger partial charge in [-0.15, -0.1) is 0 Å². The summed E-state index contributed by atoms with van der Waals surface area (Å²) >= 11 is 5.78. The number of imidazole rings is 1. The van der Waals surface area contributed by atoms with Crippen molar-refractivity contribution in [2.75, 3.05) is 52.6 Å². The van der Waals surface area contributed by atoms with E-state index in [1.807, 2.05) is 4.57 Å². The number of hydrogen-bond acceptors (Lipinski definition) is 7. The largest absolute Gasteiger partial charge is 0.379 e. The first-order chi connectivity index (χ1) is 13.1. The Morgan fingerprint density at radius 3 is 1.96 bits per heavy atom. The summed E-state index contributed by atoms with van der Waals surface area (Å²) in [6.07, 6.45) is 0. The average Bonchev–Trinajstić information content (AvgIpc) is 2.95. The Morgan fingerprint density at radius 2 is 1.44 bits per heavy atom. The molecule has 0 radical (unpaired) electrons. The SMILES string of the molecule is O=[N+]([O-])c1ccc2c(c1)n(CN1CCOCC1)c(=S)n2CN1CCOCC1. The van der Waals surface area contributed by atoms with Gasteiger partial charge in [0.1, 0.15) is 0 Å². The van der Waals surface area contributed by atoms with E-state index in [4.69, 9.17) is 21.7 Å². The number of nitro groups is 1. The van der Waals surface area contributed by atoms with E-state index in [1.165, 1.54) is 0 Å². The molecule has 2 aliphatic heterocycles. The standard InChI is InChI=1S/C17H23N5O4S/c23-22(24)14-1-2-15-16(11-14)21(13-19-5-9-26-10-6-19)17(27)20(15)12-18-3-7-25-8-4-18/h1-2,11H,3-10,12-13H2. The molecule has 2 aliphatic rings. The van der Waals surface area contributed by atoms with Gasteiger partial charge in [0.05, 0.1) is 55.7 Å². The summed E-state index contributed by atoms with van der Waals surface area (Å²) in [7, 11) is 0. The van der Waals surface area contributed by atoms with Gasteiger partial charge >= 0.3 is 0 Å². The van der Waals surface area contributed by atoms with Crippen molar-refractivity contribution in [2.45, 2.75) is 13.3 Å². The van der Waals surface area contributed by atoms with Crippen LogP contribution in [0.3, 0.4) is 0 Å². The maximum Gasteiger partial charge on any atom is 0.271 e. The van der Waals surface area contributed by atoms with E-state index in [2.05, 4.69) is 14.4 Å². The van der Waals surface area contributed by atoms with Crippen molar-refractivity contribution in [1.29, 1.82) is 0 Å². The van der Waals surface area contributed by atoms with E-state index in [9.17, 15) is 10.1 Å². The zero-order chi connectivity index (χ0) is 18.8. The number of morpholine rings is 2. The van der Waals surface area contributed by atoms with Crippen LogP contribution in [-0.2, 0) is 22.8 Å². The Labute approximate surface area is 161 Å². The topological polar surface area (TPSA) is 77.9 Å². The molecule has 9 nitrogen and oxygen atoms in total. The van der Waals surface area contributed by atoms with E-state index in [-0.39, 0.29) is 10.6 Å². The van der Waals surface area contributed by atoms with Gasteiger partial charge in [0.2, 0.25) is 0 Å². The molecule has 10 heteroatoms. The molecule has 2 aromatic rings. The normalized spacial score (nSPS) is 19.6. The third-order valence-corrected chi connectivity index (χ3v) is 5.54. The number of nitrogens with zero attached hydrogens (tertiary/aromatic N) is 5. The number of aromatic nitrogens is 2. The molecule has 2 fully saturated rings. The second kappa shape index (κ2) is 8.03. The maximum atomic E-state index is 11.3. The molecule has 2 saturated heterocycles. The molecular weight excluding hydrogens is 370 g/mol. The lowest BCUT2D eigenvalue weighted by atomic mass is 10.2. The first kappa shape index (κ1) is 18.5. The Bertz CT molecular complexity index is 883. The summed E-state index contributed by atoms with van der Waals surface area (Å²) in [5, 5.41) is 11.3. The van der Waals surface area contributed by atoms with Gasteiger partial charge in [-0.05, 0) is 18.3 Å². The Morgan fingerprint density at radius 1 is 0.926 bits per heavy atom. The first-order valence-electron chi connectivity index (χ1n) is 9.11. The fourth-order valence-electron chi connectivity index (χ4n) is 3.58. The second-order valence-corrected chi connectivity index (χ2v) is 7.18. The van der Waals surface area contributed by atoms with Crippen molar-refractivity contribution in [3.63, 3.8) is 0 Å². The highest BCUT2D eigenvalue weighted by Crippen LogP contribution is 2.24. The molecule has 0 bridgehead atoms. The van der Waals surface area contributed by atoms with Gasteiger partial charge in [0.25, 0.3) is 5.69 Å². The molecule has 146 valence electrons. The van der Waals surface area contributed by atoms with Crippen LogP contribution < -0.4 is 0 Å². The van der Waals surface area contributed by atoms with Crippen LogP contribution in [0.2, 0.25) is 0 Å². The predicted octanol–water partition coefficient (Wildman–Crippen LogP) is 1.66. The zero-order valence-electron chi connectivity index (χ0n) is 15.1. The molecule has 0 N–H and O–H groups in total. The molecule has 0 saturated carbocycles. The molecular formula is C17H23N5O4S. The minimum atomic E-state index is -0.360. The number of benzene rings is 1. The Hall–Kier alpha value is -1.85. The number of fused-ring (bicyclic) bond motifs is 1. The zero-order valence-corrected chi connectivity index (χ0v) is 15.9. The molecule has 3 heterocycles. The minimum absolute atomic E-state index is 0.0803. The van der Waals surface area contributed by atoms with Gasteiger partial charge < -0.3 is 18.6 Å². The van der Waals surface area contributed by atoms with Crippen LogP contribution in [0.4, 0.5) is 5.69 Å². The summed E-state index contributed by atoms with van der Waals surface area (Å²) in [6.45, 7) is 7.44. The monoisotopic (exact) mass is 393 g/mol. The molecule has 0 spiro atoms. The van der Waals surface area contributed by atoms with Crippen molar-refractivity contribution >= 4 is 28.9 Å². The molecule has 1 aromatic heterocycles. The average molecular weight is 393 g/mol. The van der Waals surface area contributed by atoms with Crippen molar-refractivity contribution in [3.8, 4) is 0 Å². The van der Waals surface area contributed by atoms with Gasteiger partial charge in [-0.3, -0.25) is 19.9 Å². The number of rotatable bonds is 5. The molecule has 0 amide bonds. The molecule has 4 rings (SSSR count). The summed E-state index contributed by atoms with van der Waals surface area (Å²) in [5.74, 6) is 0. The number of ether oxygens (including phenoxy) is 2. The van der Waals surface area contributed by atoms with E-state index in [0.29, 0.717) is 44.5 Å². The summed E-state index contributed by atoms with van der Waals surface area (Å²) in [6, 6.07) is 4.98. The molecule has 0 unspecified atom stereocenters. The van der Waals surface area contributed by atoms with Crippen LogP contribution >= 0.6 is 12.2 Å². The number of nitro benzene ring substituents is 1. The van der Waals surface area contributed by atoms with Gasteiger partial charge in [-0.25, -0.2) is 0 Å². The Kier molecular flexibility index (Phi) is 5.50. The van der Waals surface area contributed by atoms with Crippen LogP contribution in [-0.4, -0.2) is 76.5 Å². The van der Waals surface area contributed by atoms with Crippen molar-refractivity contribution in [3.05, 3.63) is 33.1 Å². The molecule has 27 heavy (non-hydrogen) atoms. The fraction of sp³-hybridized carbons (Fsp3) is 0.588. The van der Waals surface area contributed by atoms with Crippen LogP contribution in [0.25, 0.3) is 11.0 Å². The molecule has 0 aliphatic carbocycles. The smallest absolute Gasteiger partial charge is 0.271 e. The highest BCUT2D eigenvalue weighted by molar-refractivity contribution is 7.71. The van der Waals surface area contributed by atoms with Crippen LogP contribution in [0, 0.1) is 14.9 Å². The maximum absolute atomic E-state index is 11.3. The van der Waals surface area contributed by atoms with Crippen molar-refractivity contribution in [2.24, 2.45) is 0 Å². The van der Waals surface area contributed by atoms with Crippen LogP contribution in [0.1, 0.15) is 0 Å². The van der Waals surface area contributed by atoms with E-state index in [0.717, 1.165) is 37.2 Å². The van der Waals surface area contributed by atoms with Crippen molar-refractivity contribution < 1.29 is 14.4 Å². The summed E-state index contributed by atoms with van der Waals surface area (Å²) in [4.78, 5) is 15.5. The van der Waals surface area contributed by atoms with Gasteiger partial charge in [-0.1, -0.05) is 0 Å². The second-order valence-electron chi connectivity index (χ2n) is 6.81. The third kappa shape index (κ3) is 3.90. The lowest BCUT2D eigenvalue weighted by Crippen LogP contribution is -2.38. The lowest BCUT2D eigenvalue weighted by Gasteiger charge is -2.27. The Balaban J connectivity index is 1.73. The van der Waals surface area contributed by atoms with Crippen molar-refractivity contribution in [1.82, 2.24) is 18.9 Å². The summed E-state index contributed by atoms with van der Waals surface area (Å²) < 4.78 is 15.6. The predicted molar refractivity (Wildman–Crippen MR) is 102 cm³/mol. The van der Waals surface area contributed by atoms with Crippen LogP contribution in [0.5, 0.6) is 0 Å². The quantitative estimate of drug-likeness (QED) is 0.434. The van der Waals surface area contributed by atoms with Gasteiger partial charge in [-0.2, -0.15) is 0 Å². The van der Waals surface area contributed by atoms with Gasteiger partial charge in [0, 0.05) is 38.3 Å².